The van der Waals surface area contributed by atoms with E-state index >= 15 is 0 Å². The first-order valence-electron chi connectivity index (χ1n) is 6.68. The molecule has 0 bridgehead atoms. The van der Waals surface area contributed by atoms with E-state index in [1.54, 1.807) is 22.9 Å². The number of nitrogens with one attached hydrogen (secondary N) is 1. The van der Waals surface area contributed by atoms with Gasteiger partial charge in [-0.1, -0.05) is 16.8 Å². The van der Waals surface area contributed by atoms with E-state index in [0.29, 0.717) is 23.3 Å². The van der Waals surface area contributed by atoms with Crippen LogP contribution in [0.15, 0.2) is 36.4 Å². The van der Waals surface area contributed by atoms with Gasteiger partial charge in [0.15, 0.2) is 0 Å². The highest BCUT2D eigenvalue weighted by molar-refractivity contribution is 6.33. The van der Waals surface area contributed by atoms with E-state index in [1.807, 2.05) is 6.92 Å². The fraction of sp³-hybridized carbons (Fsp3) is 0.133. The molecule has 7 heteroatoms. The van der Waals surface area contributed by atoms with Crippen LogP contribution in [0.2, 0.25) is 5.02 Å². The van der Waals surface area contributed by atoms with E-state index in [-0.39, 0.29) is 10.9 Å². The van der Waals surface area contributed by atoms with Crippen LogP contribution in [0.25, 0.3) is 11.0 Å². The first kappa shape index (κ1) is 14.5. The van der Waals surface area contributed by atoms with Crippen molar-refractivity contribution in [3.63, 3.8) is 0 Å². The predicted molar refractivity (Wildman–Crippen MR) is 82.6 cm³/mol. The monoisotopic (exact) mass is 318 g/mol. The molecule has 112 valence electrons. The Hall–Kier alpha value is -2.47. The van der Waals surface area contributed by atoms with Gasteiger partial charge in [-0.25, -0.2) is 9.07 Å². The Bertz CT molecular complexity index is 862. The molecule has 0 unspecified atom stereocenters. The molecule has 1 amide bonds. The van der Waals surface area contributed by atoms with Crippen LogP contribution in [0, 0.1) is 5.82 Å². The molecule has 0 aliphatic carbocycles. The molecule has 1 heterocycles. The summed E-state index contributed by atoms with van der Waals surface area (Å²) in [5.41, 5.74) is 2.28. The van der Waals surface area contributed by atoms with Gasteiger partial charge in [0, 0.05) is 12.1 Å². The number of carbonyl (C=O) groups excluding carboxylic acids is 1. The van der Waals surface area contributed by atoms with Gasteiger partial charge in [0.1, 0.15) is 11.3 Å². The standard InChI is InChI=1S/C15H12ClFN4O/c1-2-21-14-6-3-9(7-13(14)19-20-21)15(22)18-12-5-4-10(17)8-11(12)16/h3-8H,2H2,1H3,(H,18,22). The summed E-state index contributed by atoms with van der Waals surface area (Å²) in [4.78, 5) is 12.3. The highest BCUT2D eigenvalue weighted by Crippen LogP contribution is 2.23. The summed E-state index contributed by atoms with van der Waals surface area (Å²) < 4.78 is 14.7. The molecule has 5 nitrogen and oxygen atoms in total. The molecule has 3 aromatic rings. The molecular formula is C15H12ClFN4O. The van der Waals surface area contributed by atoms with Gasteiger partial charge >= 0.3 is 0 Å². The van der Waals surface area contributed by atoms with Crippen LogP contribution >= 0.6 is 11.6 Å². The summed E-state index contributed by atoms with van der Waals surface area (Å²) in [7, 11) is 0. The number of aromatic nitrogens is 3. The smallest absolute Gasteiger partial charge is 0.255 e. The Morgan fingerprint density at radius 2 is 2.14 bits per heavy atom. The number of fused-ring (bicyclic) bond motifs is 1. The highest BCUT2D eigenvalue weighted by atomic mass is 35.5. The van der Waals surface area contributed by atoms with E-state index in [4.69, 9.17) is 11.6 Å². The summed E-state index contributed by atoms with van der Waals surface area (Å²) in [6.07, 6.45) is 0. The molecule has 0 radical (unpaired) electrons. The SMILES string of the molecule is CCn1nnc2cc(C(=O)Nc3ccc(F)cc3Cl)ccc21. The average molecular weight is 319 g/mol. The zero-order valence-corrected chi connectivity index (χ0v) is 12.4. The lowest BCUT2D eigenvalue weighted by atomic mass is 10.2. The molecule has 3 rings (SSSR count). The Morgan fingerprint density at radius 1 is 1.32 bits per heavy atom. The Kier molecular flexibility index (Phi) is 3.77. The quantitative estimate of drug-likeness (QED) is 0.804. The van der Waals surface area contributed by atoms with Crippen molar-refractivity contribution in [3.8, 4) is 0 Å². The van der Waals surface area contributed by atoms with Crippen LogP contribution in [-0.4, -0.2) is 20.9 Å². The topological polar surface area (TPSA) is 59.8 Å². The number of hydrogen-bond donors (Lipinski definition) is 1. The highest BCUT2D eigenvalue weighted by Gasteiger charge is 2.12. The molecule has 0 fully saturated rings. The van der Waals surface area contributed by atoms with Crippen molar-refractivity contribution in [2.45, 2.75) is 13.5 Å². The molecule has 22 heavy (non-hydrogen) atoms. The van der Waals surface area contributed by atoms with Crippen molar-refractivity contribution in [1.29, 1.82) is 0 Å². The van der Waals surface area contributed by atoms with Crippen molar-refractivity contribution in [3.05, 3.63) is 52.8 Å². The summed E-state index contributed by atoms with van der Waals surface area (Å²) in [6, 6.07) is 8.93. The Balaban J connectivity index is 1.88. The van der Waals surface area contributed by atoms with Gasteiger partial charge in [0.2, 0.25) is 0 Å². The fourth-order valence-electron chi connectivity index (χ4n) is 2.13. The lowest BCUT2D eigenvalue weighted by Crippen LogP contribution is -2.12. The molecule has 1 aromatic heterocycles. The molecule has 0 spiro atoms. The number of amides is 1. The van der Waals surface area contributed by atoms with Crippen molar-refractivity contribution in [2.75, 3.05) is 5.32 Å². The molecule has 0 aliphatic heterocycles. The third-order valence-corrected chi connectivity index (χ3v) is 3.57. The lowest BCUT2D eigenvalue weighted by molar-refractivity contribution is 0.102. The van der Waals surface area contributed by atoms with Gasteiger partial charge in [-0.15, -0.1) is 5.10 Å². The summed E-state index contributed by atoms with van der Waals surface area (Å²) in [5.74, 6) is -0.804. The first-order chi connectivity index (χ1) is 10.6. The number of rotatable bonds is 3. The molecular weight excluding hydrogens is 307 g/mol. The lowest BCUT2D eigenvalue weighted by Gasteiger charge is -2.07. The summed E-state index contributed by atoms with van der Waals surface area (Å²) in [6.45, 7) is 2.67. The van der Waals surface area contributed by atoms with Gasteiger partial charge in [0.05, 0.1) is 16.2 Å². The number of benzene rings is 2. The summed E-state index contributed by atoms with van der Waals surface area (Å²) in [5, 5.41) is 10.8. The van der Waals surface area contributed by atoms with Gasteiger partial charge < -0.3 is 5.32 Å². The molecule has 0 saturated carbocycles. The first-order valence-corrected chi connectivity index (χ1v) is 7.06. The van der Waals surface area contributed by atoms with Crippen LogP contribution in [0.4, 0.5) is 10.1 Å². The average Bonchev–Trinajstić information content (AvgIpc) is 2.92. The predicted octanol–water partition coefficient (Wildman–Crippen LogP) is 3.50. The number of hydrogen-bond acceptors (Lipinski definition) is 3. The molecule has 1 N–H and O–H groups in total. The zero-order valence-electron chi connectivity index (χ0n) is 11.7. The second-order valence-corrected chi connectivity index (χ2v) is 5.09. The fourth-order valence-corrected chi connectivity index (χ4v) is 2.35. The minimum Gasteiger partial charge on any atom is -0.321 e. The maximum atomic E-state index is 13.0. The Morgan fingerprint density at radius 3 is 2.86 bits per heavy atom. The van der Waals surface area contributed by atoms with Crippen molar-refractivity contribution in [2.24, 2.45) is 0 Å². The van der Waals surface area contributed by atoms with Crippen molar-refractivity contribution >= 4 is 34.2 Å². The number of halogens is 2. The van der Waals surface area contributed by atoms with Crippen LogP contribution in [0.3, 0.4) is 0 Å². The normalized spacial score (nSPS) is 10.9. The van der Waals surface area contributed by atoms with E-state index in [9.17, 15) is 9.18 Å². The molecule has 0 atom stereocenters. The zero-order chi connectivity index (χ0) is 15.7. The third kappa shape index (κ3) is 2.65. The largest absolute Gasteiger partial charge is 0.321 e. The summed E-state index contributed by atoms with van der Waals surface area (Å²) >= 11 is 5.90. The van der Waals surface area contributed by atoms with Gasteiger partial charge in [0.25, 0.3) is 5.91 Å². The van der Waals surface area contributed by atoms with Crippen molar-refractivity contribution in [1.82, 2.24) is 15.0 Å². The maximum absolute atomic E-state index is 13.0. The number of anilines is 1. The number of carbonyl (C=O) groups is 1. The van der Waals surface area contributed by atoms with E-state index in [2.05, 4.69) is 15.6 Å². The van der Waals surface area contributed by atoms with Gasteiger partial charge in [-0.3, -0.25) is 4.79 Å². The molecule has 0 aliphatic rings. The van der Waals surface area contributed by atoms with Crippen LogP contribution in [0.1, 0.15) is 17.3 Å². The maximum Gasteiger partial charge on any atom is 0.255 e. The van der Waals surface area contributed by atoms with E-state index in [1.165, 1.54) is 12.1 Å². The second kappa shape index (κ2) is 5.73. The van der Waals surface area contributed by atoms with E-state index < -0.39 is 5.82 Å². The van der Waals surface area contributed by atoms with Crippen molar-refractivity contribution < 1.29 is 9.18 Å². The number of aryl methyl sites for hydroxylation is 1. The van der Waals surface area contributed by atoms with E-state index in [0.717, 1.165) is 11.6 Å². The minimum atomic E-state index is -0.458. The Labute approximate surface area is 130 Å². The van der Waals surface area contributed by atoms with Crippen LogP contribution in [-0.2, 0) is 6.54 Å². The number of nitrogens with zero attached hydrogens (tertiary/aromatic N) is 3. The van der Waals surface area contributed by atoms with Crippen LogP contribution in [0.5, 0.6) is 0 Å². The van der Waals surface area contributed by atoms with Crippen LogP contribution < -0.4 is 5.32 Å². The van der Waals surface area contributed by atoms with Gasteiger partial charge in [-0.2, -0.15) is 0 Å². The minimum absolute atomic E-state index is 0.145. The molecule has 2 aromatic carbocycles. The second-order valence-electron chi connectivity index (χ2n) is 4.69. The third-order valence-electron chi connectivity index (χ3n) is 3.25. The van der Waals surface area contributed by atoms with Gasteiger partial charge in [-0.05, 0) is 43.3 Å². The molecule has 0 saturated heterocycles.